The number of fused-ring (bicyclic) bond motifs is 2. The number of nitrogens with one attached hydrogen (secondary N) is 2. The van der Waals surface area contributed by atoms with Gasteiger partial charge in [-0.15, -0.1) is 11.3 Å². The van der Waals surface area contributed by atoms with Crippen LogP contribution in [0.1, 0.15) is 33.6 Å². The van der Waals surface area contributed by atoms with Gasteiger partial charge in [0.05, 0.1) is 11.4 Å². The van der Waals surface area contributed by atoms with Crippen LogP contribution in [0.4, 0.5) is 5.69 Å². The molecule has 2 aromatic carbocycles. The van der Waals surface area contributed by atoms with Crippen molar-refractivity contribution >= 4 is 40.7 Å². The monoisotopic (exact) mass is 707 g/mol. The molecule has 9 nitrogen and oxygen atoms in total. The van der Waals surface area contributed by atoms with Crippen molar-refractivity contribution in [3.8, 4) is 10.4 Å². The van der Waals surface area contributed by atoms with Gasteiger partial charge in [0.1, 0.15) is 0 Å². The van der Waals surface area contributed by atoms with Crippen molar-refractivity contribution in [3.63, 3.8) is 0 Å². The molecule has 0 atom stereocenters. The summed E-state index contributed by atoms with van der Waals surface area (Å²) in [5.74, 6) is -2.04. The second-order valence-corrected chi connectivity index (χ2v) is 13.3. The van der Waals surface area contributed by atoms with Crippen molar-refractivity contribution in [1.82, 2.24) is 14.6 Å². The van der Waals surface area contributed by atoms with Gasteiger partial charge in [-0.05, 0) is 100 Å². The van der Waals surface area contributed by atoms with Gasteiger partial charge >= 0.3 is 11.9 Å². The summed E-state index contributed by atoms with van der Waals surface area (Å²) in [5, 5.41) is 29.3. The molecule has 260 valence electrons. The number of aromatic nitrogens is 1. The first-order valence-corrected chi connectivity index (χ1v) is 17.8. The van der Waals surface area contributed by atoms with Crippen molar-refractivity contribution < 1.29 is 19.8 Å². The maximum Gasteiger partial charge on any atom is 0.355 e. The van der Waals surface area contributed by atoms with Crippen LogP contribution in [0.25, 0.3) is 16.0 Å². The maximum absolute atomic E-state index is 12.8. The van der Waals surface area contributed by atoms with E-state index in [1.165, 1.54) is 4.88 Å². The molecule has 3 aromatic heterocycles. The van der Waals surface area contributed by atoms with Crippen LogP contribution >= 0.6 is 11.3 Å². The van der Waals surface area contributed by atoms with Gasteiger partial charge in [0.15, 0.2) is 11.4 Å². The van der Waals surface area contributed by atoms with E-state index in [0.717, 1.165) is 44.6 Å². The number of carboxylic acid groups (broad SMARTS) is 2. The minimum Gasteiger partial charge on any atom is -0.476 e. The molecule has 0 fully saturated rings. The van der Waals surface area contributed by atoms with Gasteiger partial charge in [-0.2, -0.15) is 0 Å². The topological polar surface area (TPSA) is 119 Å². The lowest BCUT2D eigenvalue weighted by atomic mass is 9.91. The zero-order valence-corrected chi connectivity index (χ0v) is 29.3. The molecule has 5 aromatic rings. The second-order valence-electron chi connectivity index (χ2n) is 12.4. The van der Waals surface area contributed by atoms with Crippen molar-refractivity contribution in [1.29, 1.82) is 0 Å². The van der Waals surface area contributed by atoms with E-state index in [2.05, 4.69) is 57.4 Å². The van der Waals surface area contributed by atoms with Crippen molar-refractivity contribution in [2.24, 2.45) is 4.99 Å². The number of nitrogens with zero attached hydrogens (tertiary/aromatic N) is 3. The summed E-state index contributed by atoms with van der Waals surface area (Å²) in [7, 11) is 1.72. The van der Waals surface area contributed by atoms with Gasteiger partial charge in [-0.3, -0.25) is 4.99 Å². The van der Waals surface area contributed by atoms with Gasteiger partial charge in [0.25, 0.3) is 0 Å². The minimum atomic E-state index is -1.03. The van der Waals surface area contributed by atoms with Crippen LogP contribution in [-0.4, -0.2) is 44.7 Å². The highest BCUT2D eigenvalue weighted by atomic mass is 32.1. The molecule has 2 aliphatic rings. The molecule has 0 spiro atoms. The highest BCUT2D eigenvalue weighted by Gasteiger charge is 2.28. The van der Waals surface area contributed by atoms with Crippen LogP contribution in [0.3, 0.4) is 0 Å². The average molecular weight is 708 g/mol. The van der Waals surface area contributed by atoms with E-state index in [-0.39, 0.29) is 11.4 Å². The van der Waals surface area contributed by atoms with Crippen molar-refractivity contribution in [2.45, 2.75) is 25.9 Å². The zero-order valence-electron chi connectivity index (χ0n) is 28.5. The average Bonchev–Trinajstić information content (AvgIpc) is 3.88. The molecular weight excluding hydrogens is 671 g/mol. The second kappa shape index (κ2) is 15.2. The molecule has 52 heavy (non-hydrogen) atoms. The fourth-order valence-electron chi connectivity index (χ4n) is 6.53. The van der Waals surface area contributed by atoms with Crippen LogP contribution in [-0.2, 0) is 24.3 Å². The van der Waals surface area contributed by atoms with E-state index >= 15 is 0 Å². The van der Waals surface area contributed by atoms with Gasteiger partial charge in [0, 0.05) is 54.8 Å². The molecule has 0 radical (unpaired) electrons. The Labute approximate surface area is 305 Å². The molecule has 0 saturated heterocycles. The molecule has 0 saturated carbocycles. The Bertz CT molecular complexity index is 2320. The van der Waals surface area contributed by atoms with E-state index in [1.54, 1.807) is 46.2 Å². The van der Waals surface area contributed by atoms with Gasteiger partial charge in [-0.1, -0.05) is 60.7 Å². The predicted molar refractivity (Wildman–Crippen MR) is 207 cm³/mol. The summed E-state index contributed by atoms with van der Waals surface area (Å²) < 4.78 is 1.67. The standard InChI is InChI=1S/C42H37N5O4S/c1-43-21-20-31(24-30-6-2-3-7-32(30)26-45-36-18-16-34-8-4-22-46(34)39(36)41(48)49)33-14-15-35-17-19-37(40(42(50)51)47(35)27-33)44-25-28-10-12-29(13-11-28)38-9-5-23-52-38/h2-13,15-23,27,44-45H,14,24-26H2,1H3,(H,48,49)(H,50,51)/b31-20+,43-21-. The van der Waals surface area contributed by atoms with Crippen LogP contribution < -0.4 is 10.6 Å². The Kier molecular flexibility index (Phi) is 9.99. The van der Waals surface area contributed by atoms with Crippen LogP contribution in [0, 0.1) is 0 Å². The van der Waals surface area contributed by atoms with Gasteiger partial charge < -0.3 is 30.1 Å². The summed E-state index contributed by atoms with van der Waals surface area (Å²) in [5.41, 5.74) is 9.22. The predicted octanol–water partition coefficient (Wildman–Crippen LogP) is 8.28. The number of aliphatic carboxylic acids is 1. The Morgan fingerprint density at radius 3 is 2.46 bits per heavy atom. The fraction of sp³-hybridized carbons (Fsp3) is 0.119. The van der Waals surface area contributed by atoms with E-state index in [9.17, 15) is 19.8 Å². The Hall–Kier alpha value is -6.39. The van der Waals surface area contributed by atoms with Crippen LogP contribution in [0.5, 0.6) is 0 Å². The summed E-state index contributed by atoms with van der Waals surface area (Å²) in [6.07, 6.45) is 14.4. The number of aliphatic imine (C=N–C) groups is 1. The third-order valence-corrected chi connectivity index (χ3v) is 10.1. The van der Waals surface area contributed by atoms with Crippen LogP contribution in [0.2, 0.25) is 0 Å². The Morgan fingerprint density at radius 1 is 0.885 bits per heavy atom. The number of aromatic carboxylic acids is 1. The van der Waals surface area contributed by atoms with Gasteiger partial charge in [0.2, 0.25) is 0 Å². The number of allylic oxidation sites excluding steroid dienone is 6. The third kappa shape index (κ3) is 7.24. The number of carbonyl (C=O) groups is 2. The number of benzene rings is 2. The third-order valence-electron chi connectivity index (χ3n) is 9.16. The molecule has 0 amide bonds. The lowest BCUT2D eigenvalue weighted by Gasteiger charge is -2.32. The molecular formula is C42H37N5O4S. The lowest BCUT2D eigenvalue weighted by molar-refractivity contribution is -0.134. The molecule has 5 heterocycles. The molecule has 0 aliphatic carbocycles. The van der Waals surface area contributed by atoms with Crippen molar-refractivity contribution in [2.75, 3.05) is 12.4 Å². The summed E-state index contributed by atoms with van der Waals surface area (Å²) >= 11 is 1.70. The highest BCUT2D eigenvalue weighted by Crippen LogP contribution is 2.34. The molecule has 2 aliphatic heterocycles. The Balaban J connectivity index is 1.12. The lowest BCUT2D eigenvalue weighted by Crippen LogP contribution is -2.31. The molecule has 0 unspecified atom stereocenters. The number of hydrogen-bond donors (Lipinski definition) is 4. The largest absolute Gasteiger partial charge is 0.476 e. The first kappa shape index (κ1) is 34.1. The number of hydrogen-bond acceptors (Lipinski definition) is 7. The number of anilines is 1. The van der Waals surface area contributed by atoms with Gasteiger partial charge in [-0.25, -0.2) is 9.59 Å². The highest BCUT2D eigenvalue weighted by molar-refractivity contribution is 7.13. The number of carboxylic acids is 2. The smallest absolute Gasteiger partial charge is 0.355 e. The van der Waals surface area contributed by atoms with E-state index < -0.39 is 11.9 Å². The number of pyridine rings is 1. The number of thiophene rings is 1. The fourth-order valence-corrected chi connectivity index (χ4v) is 7.26. The molecule has 0 bridgehead atoms. The number of rotatable bonds is 13. The summed E-state index contributed by atoms with van der Waals surface area (Å²) in [6.45, 7) is 0.886. The maximum atomic E-state index is 12.8. The van der Waals surface area contributed by atoms with E-state index in [0.29, 0.717) is 37.3 Å². The first-order valence-electron chi connectivity index (χ1n) is 16.9. The molecule has 10 heteroatoms. The van der Waals surface area contributed by atoms with E-state index in [1.807, 2.05) is 73.0 Å². The zero-order chi connectivity index (χ0) is 36.0. The molecule has 4 N–H and O–H groups in total. The first-order chi connectivity index (χ1) is 25.4. The summed E-state index contributed by atoms with van der Waals surface area (Å²) in [4.78, 5) is 32.2. The quantitative estimate of drug-likeness (QED) is 0.0910. The SMILES string of the molecule is C/N=C\C=C(/Cc1ccccc1CNc1ccc2cccn2c1C(=O)O)C1=CN2C(=CC1)C=CC(NCc1ccc(-c3cccs3)cc1)=C2C(=O)O. The van der Waals surface area contributed by atoms with Crippen molar-refractivity contribution in [3.05, 3.63) is 178 Å². The Morgan fingerprint density at radius 2 is 1.71 bits per heavy atom. The normalized spacial score (nSPS) is 14.4. The van der Waals surface area contributed by atoms with E-state index in [4.69, 9.17) is 0 Å². The van der Waals surface area contributed by atoms with Crippen LogP contribution in [0.15, 0.2) is 160 Å². The minimum absolute atomic E-state index is 0.156. The molecule has 7 rings (SSSR count). The summed E-state index contributed by atoms with van der Waals surface area (Å²) in [6, 6.07) is 27.9.